The standard InChI is InChI=1S/C17H20NO3Si/c1-17(2,3)22(15-10-5-4-6-11-15)21-13-14-9-7-8-12-16(14)18(19)20/h4-12H,13H2,1-3H3. The van der Waals surface area contributed by atoms with Crippen LogP contribution in [0.15, 0.2) is 54.6 Å². The predicted octanol–water partition coefficient (Wildman–Crippen LogP) is 3.81. The molecule has 1 radical (unpaired) electrons. The average molecular weight is 314 g/mol. The minimum atomic E-state index is -1.30. The van der Waals surface area contributed by atoms with E-state index in [-0.39, 0.29) is 22.3 Å². The maximum Gasteiger partial charge on any atom is 0.274 e. The van der Waals surface area contributed by atoms with E-state index < -0.39 is 9.04 Å². The number of benzene rings is 2. The van der Waals surface area contributed by atoms with Crippen LogP contribution in [0, 0.1) is 10.1 Å². The molecule has 0 unspecified atom stereocenters. The summed E-state index contributed by atoms with van der Waals surface area (Å²) in [5.41, 5.74) is 0.737. The summed E-state index contributed by atoms with van der Waals surface area (Å²) in [7, 11) is -1.30. The van der Waals surface area contributed by atoms with E-state index in [9.17, 15) is 10.1 Å². The molecular weight excluding hydrogens is 294 g/mol. The number of nitro benzene ring substituents is 1. The summed E-state index contributed by atoms with van der Waals surface area (Å²) in [5, 5.41) is 12.3. The zero-order valence-corrected chi connectivity index (χ0v) is 14.1. The van der Waals surface area contributed by atoms with E-state index in [1.165, 1.54) is 11.3 Å². The van der Waals surface area contributed by atoms with E-state index in [2.05, 4.69) is 32.9 Å². The highest BCUT2D eigenvalue weighted by molar-refractivity contribution is 6.70. The maximum atomic E-state index is 11.1. The van der Waals surface area contributed by atoms with E-state index in [1.807, 2.05) is 18.2 Å². The lowest BCUT2D eigenvalue weighted by Crippen LogP contribution is -2.41. The molecule has 0 saturated heterocycles. The van der Waals surface area contributed by atoms with Crippen LogP contribution in [0.25, 0.3) is 0 Å². The molecule has 115 valence electrons. The number of hydrogen-bond donors (Lipinski definition) is 0. The first-order valence-electron chi connectivity index (χ1n) is 7.17. The van der Waals surface area contributed by atoms with E-state index in [4.69, 9.17) is 4.43 Å². The molecule has 5 heteroatoms. The topological polar surface area (TPSA) is 52.4 Å². The molecule has 0 N–H and O–H groups in total. The van der Waals surface area contributed by atoms with Crippen LogP contribution >= 0.6 is 0 Å². The van der Waals surface area contributed by atoms with Gasteiger partial charge in [0.1, 0.15) is 0 Å². The zero-order valence-electron chi connectivity index (χ0n) is 13.1. The van der Waals surface area contributed by atoms with Crippen molar-refractivity contribution in [2.24, 2.45) is 0 Å². The maximum absolute atomic E-state index is 11.1. The Balaban J connectivity index is 2.22. The van der Waals surface area contributed by atoms with Gasteiger partial charge in [-0.05, 0) is 16.3 Å². The number of nitrogens with zero attached hydrogens (tertiary/aromatic N) is 1. The van der Waals surface area contributed by atoms with Crippen molar-refractivity contribution < 1.29 is 9.35 Å². The fraction of sp³-hybridized carbons (Fsp3) is 0.294. The summed E-state index contributed by atoms with van der Waals surface area (Å²) >= 11 is 0. The van der Waals surface area contributed by atoms with Gasteiger partial charge in [0, 0.05) is 6.07 Å². The summed E-state index contributed by atoms with van der Waals surface area (Å²) in [6.07, 6.45) is 0. The first-order chi connectivity index (χ1) is 10.4. The van der Waals surface area contributed by atoms with Crippen molar-refractivity contribution in [3.8, 4) is 0 Å². The SMILES string of the molecule is CC(C)(C)[Si](OCc1ccccc1[N+](=O)[O-])c1ccccc1. The molecule has 4 nitrogen and oxygen atoms in total. The Labute approximate surface area is 132 Å². The molecular formula is C17H20NO3Si. The van der Waals surface area contributed by atoms with Gasteiger partial charge in [-0.15, -0.1) is 0 Å². The smallest absolute Gasteiger partial charge is 0.274 e. The van der Waals surface area contributed by atoms with E-state index >= 15 is 0 Å². The lowest BCUT2D eigenvalue weighted by Gasteiger charge is -2.28. The summed E-state index contributed by atoms with van der Waals surface area (Å²) in [6, 6.07) is 16.9. The molecule has 0 spiro atoms. The van der Waals surface area contributed by atoms with E-state index in [0.29, 0.717) is 5.56 Å². The molecule has 0 heterocycles. The van der Waals surface area contributed by atoms with Gasteiger partial charge >= 0.3 is 0 Å². The average Bonchev–Trinajstić information content (AvgIpc) is 2.47. The Morgan fingerprint density at radius 3 is 2.23 bits per heavy atom. The summed E-state index contributed by atoms with van der Waals surface area (Å²) in [6.45, 7) is 6.70. The van der Waals surface area contributed by atoms with Gasteiger partial charge in [0.05, 0.1) is 17.1 Å². The third-order valence-corrected chi connectivity index (χ3v) is 5.93. The fourth-order valence-corrected chi connectivity index (χ4v) is 4.54. The Bertz CT molecular complexity index is 638. The minimum Gasteiger partial charge on any atom is -0.407 e. The highest BCUT2D eigenvalue weighted by Crippen LogP contribution is 2.29. The molecule has 0 aliphatic carbocycles. The number of rotatable bonds is 5. The molecule has 22 heavy (non-hydrogen) atoms. The van der Waals surface area contributed by atoms with Gasteiger partial charge in [0.25, 0.3) is 14.7 Å². The van der Waals surface area contributed by atoms with Crippen LogP contribution in [0.2, 0.25) is 5.04 Å². The molecule has 0 aliphatic rings. The predicted molar refractivity (Wildman–Crippen MR) is 89.4 cm³/mol. The Morgan fingerprint density at radius 2 is 1.64 bits per heavy atom. The second kappa shape index (κ2) is 6.85. The fourth-order valence-electron chi connectivity index (χ4n) is 2.28. The van der Waals surface area contributed by atoms with Crippen molar-refractivity contribution in [3.63, 3.8) is 0 Å². The normalized spacial score (nSPS) is 11.6. The number of para-hydroxylation sites is 1. The monoisotopic (exact) mass is 314 g/mol. The first kappa shape index (κ1) is 16.4. The number of hydrogen-bond acceptors (Lipinski definition) is 3. The molecule has 2 aromatic rings. The third kappa shape index (κ3) is 4.02. The van der Waals surface area contributed by atoms with E-state index in [1.54, 1.807) is 18.2 Å². The summed E-state index contributed by atoms with van der Waals surface area (Å²) < 4.78 is 6.17. The van der Waals surface area contributed by atoms with Crippen LogP contribution in [0.1, 0.15) is 26.3 Å². The highest BCUT2D eigenvalue weighted by Gasteiger charge is 2.31. The van der Waals surface area contributed by atoms with Gasteiger partial charge in [0.2, 0.25) is 0 Å². The molecule has 2 rings (SSSR count). The van der Waals surface area contributed by atoms with Gasteiger partial charge in [-0.25, -0.2) is 0 Å². The quantitative estimate of drug-likeness (QED) is 0.479. The summed E-state index contributed by atoms with van der Waals surface area (Å²) in [4.78, 5) is 10.7. The van der Waals surface area contributed by atoms with Crippen LogP contribution in [0.4, 0.5) is 5.69 Å². The molecule has 0 aliphatic heterocycles. The van der Waals surface area contributed by atoms with Crippen LogP contribution in [0.3, 0.4) is 0 Å². The zero-order chi connectivity index (χ0) is 16.2. The van der Waals surface area contributed by atoms with Gasteiger partial charge in [0.15, 0.2) is 0 Å². The second-order valence-electron chi connectivity index (χ2n) is 6.12. The van der Waals surface area contributed by atoms with Crippen LogP contribution in [-0.4, -0.2) is 14.0 Å². The summed E-state index contributed by atoms with van der Waals surface area (Å²) in [5.74, 6) is 0. The highest BCUT2D eigenvalue weighted by atomic mass is 28.3. The Morgan fingerprint density at radius 1 is 1.05 bits per heavy atom. The molecule has 0 amide bonds. The van der Waals surface area contributed by atoms with Crippen LogP contribution in [-0.2, 0) is 11.0 Å². The lowest BCUT2D eigenvalue weighted by molar-refractivity contribution is -0.385. The van der Waals surface area contributed by atoms with Crippen molar-refractivity contribution in [2.75, 3.05) is 0 Å². The van der Waals surface area contributed by atoms with E-state index in [0.717, 1.165) is 0 Å². The van der Waals surface area contributed by atoms with Gasteiger partial charge in [-0.2, -0.15) is 0 Å². The van der Waals surface area contributed by atoms with Gasteiger partial charge in [-0.3, -0.25) is 10.1 Å². The molecule has 0 aromatic heterocycles. The Kier molecular flexibility index (Phi) is 5.10. The molecule has 0 saturated carbocycles. The van der Waals surface area contributed by atoms with Crippen molar-refractivity contribution in [1.82, 2.24) is 0 Å². The number of nitro groups is 1. The first-order valence-corrected chi connectivity index (χ1v) is 8.58. The Hall–Kier alpha value is -1.98. The van der Waals surface area contributed by atoms with Crippen LogP contribution in [0.5, 0.6) is 0 Å². The van der Waals surface area contributed by atoms with Crippen LogP contribution < -0.4 is 5.19 Å². The van der Waals surface area contributed by atoms with Crippen molar-refractivity contribution >= 4 is 19.9 Å². The van der Waals surface area contributed by atoms with Gasteiger partial charge in [-0.1, -0.05) is 63.2 Å². The largest absolute Gasteiger partial charge is 0.407 e. The third-order valence-electron chi connectivity index (χ3n) is 3.28. The molecule has 0 fully saturated rings. The minimum absolute atomic E-state index is 0.00438. The second-order valence-corrected chi connectivity index (χ2v) is 9.14. The molecule has 0 bridgehead atoms. The van der Waals surface area contributed by atoms with Gasteiger partial charge < -0.3 is 4.43 Å². The van der Waals surface area contributed by atoms with Crippen molar-refractivity contribution in [2.45, 2.75) is 32.4 Å². The molecule has 2 aromatic carbocycles. The molecule has 0 atom stereocenters. The van der Waals surface area contributed by atoms with Crippen molar-refractivity contribution in [1.29, 1.82) is 0 Å². The van der Waals surface area contributed by atoms with Crippen molar-refractivity contribution in [3.05, 3.63) is 70.3 Å². The lowest BCUT2D eigenvalue weighted by atomic mass is 10.2.